The lowest BCUT2D eigenvalue weighted by Crippen LogP contribution is -2.32. The summed E-state index contributed by atoms with van der Waals surface area (Å²) in [5, 5.41) is 9.44. The average Bonchev–Trinajstić information content (AvgIpc) is 2.97. The molecule has 1 aromatic heterocycles. The fourth-order valence-corrected chi connectivity index (χ4v) is 4.73. The van der Waals surface area contributed by atoms with E-state index in [1.165, 1.54) is 35.8 Å². The molecule has 0 atom stereocenters. The highest BCUT2D eigenvalue weighted by molar-refractivity contribution is 7.89. The highest BCUT2D eigenvalue weighted by Crippen LogP contribution is 2.28. The van der Waals surface area contributed by atoms with Gasteiger partial charge in [0.1, 0.15) is 0 Å². The first-order valence-electron chi connectivity index (χ1n) is 8.81. The van der Waals surface area contributed by atoms with Crippen LogP contribution < -0.4 is 4.74 Å². The van der Waals surface area contributed by atoms with E-state index in [4.69, 9.17) is 4.74 Å². The summed E-state index contributed by atoms with van der Waals surface area (Å²) in [4.78, 5) is 15.7. The van der Waals surface area contributed by atoms with Gasteiger partial charge < -0.3 is 9.84 Å². The molecule has 1 fully saturated rings. The summed E-state index contributed by atoms with van der Waals surface area (Å²) in [5.41, 5.74) is 1.03. The number of aromatic carboxylic acids is 1. The van der Waals surface area contributed by atoms with Crippen molar-refractivity contribution in [1.82, 2.24) is 9.29 Å². The van der Waals surface area contributed by atoms with Crippen LogP contribution in [0.1, 0.15) is 36.0 Å². The normalized spacial score (nSPS) is 15.9. The molecule has 0 aliphatic carbocycles. The van der Waals surface area contributed by atoms with Gasteiger partial charge in [0.15, 0.2) is 0 Å². The molecular formula is C19H22N2O5S. The van der Waals surface area contributed by atoms with Gasteiger partial charge in [-0.15, -0.1) is 0 Å². The number of pyridine rings is 1. The molecule has 0 amide bonds. The molecule has 2 aromatic rings. The molecule has 8 heteroatoms. The van der Waals surface area contributed by atoms with Crippen LogP contribution in [-0.4, -0.2) is 49.0 Å². The minimum atomic E-state index is -3.76. The molecule has 1 aromatic carbocycles. The largest absolute Gasteiger partial charge is 0.481 e. The molecule has 1 aliphatic rings. The van der Waals surface area contributed by atoms with E-state index >= 15 is 0 Å². The molecular weight excluding hydrogens is 368 g/mol. The molecule has 7 nitrogen and oxygen atoms in total. The van der Waals surface area contributed by atoms with Gasteiger partial charge >= 0.3 is 5.97 Å². The molecule has 144 valence electrons. The first-order valence-corrected chi connectivity index (χ1v) is 10.2. The molecule has 1 aliphatic heterocycles. The van der Waals surface area contributed by atoms with E-state index in [-0.39, 0.29) is 10.5 Å². The Morgan fingerprint density at radius 1 is 1.07 bits per heavy atom. The standard InChI is InChI=1S/C19H22N2O5S/c1-26-18-7-6-14(13-20-18)15-10-16(19(22)23)12-17(11-15)27(24,25)21-8-4-2-3-5-9-21/h6-7,10-13H,2-5,8-9H2,1H3,(H,22,23). The monoisotopic (exact) mass is 390 g/mol. The molecule has 1 saturated heterocycles. The minimum absolute atomic E-state index is 0.00452. The fraction of sp³-hybridized carbons (Fsp3) is 0.368. The Bertz CT molecular complexity index is 918. The summed E-state index contributed by atoms with van der Waals surface area (Å²) in [6, 6.07) is 7.55. The molecule has 3 rings (SSSR count). The summed E-state index contributed by atoms with van der Waals surface area (Å²) in [7, 11) is -2.26. The third-order valence-corrected chi connectivity index (χ3v) is 6.51. The zero-order chi connectivity index (χ0) is 19.4. The third-order valence-electron chi connectivity index (χ3n) is 4.64. The van der Waals surface area contributed by atoms with E-state index in [1.807, 2.05) is 0 Å². The van der Waals surface area contributed by atoms with Crippen LogP contribution in [0, 0.1) is 0 Å². The predicted octanol–water partition coefficient (Wildman–Crippen LogP) is 3.02. The van der Waals surface area contributed by atoms with Crippen molar-refractivity contribution in [2.24, 2.45) is 0 Å². The Hall–Kier alpha value is -2.45. The Morgan fingerprint density at radius 2 is 1.78 bits per heavy atom. The number of hydrogen-bond donors (Lipinski definition) is 1. The molecule has 1 N–H and O–H groups in total. The first-order chi connectivity index (χ1) is 12.9. The van der Waals surface area contributed by atoms with E-state index in [0.29, 0.717) is 30.1 Å². The number of aromatic nitrogens is 1. The number of hydrogen-bond acceptors (Lipinski definition) is 5. The van der Waals surface area contributed by atoms with Gasteiger partial charge in [-0.3, -0.25) is 0 Å². The number of ether oxygens (including phenoxy) is 1. The minimum Gasteiger partial charge on any atom is -0.481 e. The summed E-state index contributed by atoms with van der Waals surface area (Å²) in [6.45, 7) is 0.915. The molecule has 0 unspecified atom stereocenters. The van der Waals surface area contributed by atoms with Gasteiger partial charge in [0.05, 0.1) is 17.6 Å². The van der Waals surface area contributed by atoms with Crippen LogP contribution in [0.2, 0.25) is 0 Å². The number of methoxy groups -OCH3 is 1. The van der Waals surface area contributed by atoms with Crippen molar-refractivity contribution in [3.8, 4) is 17.0 Å². The Balaban J connectivity index is 2.06. The van der Waals surface area contributed by atoms with Gasteiger partial charge in [0.2, 0.25) is 15.9 Å². The second-order valence-electron chi connectivity index (χ2n) is 6.46. The SMILES string of the molecule is COc1ccc(-c2cc(C(=O)O)cc(S(=O)(=O)N3CCCCCC3)c2)cn1. The van der Waals surface area contributed by atoms with Gasteiger partial charge in [0.25, 0.3) is 0 Å². The molecule has 27 heavy (non-hydrogen) atoms. The second-order valence-corrected chi connectivity index (χ2v) is 8.40. The Labute approximate surface area is 158 Å². The van der Waals surface area contributed by atoms with Crippen LogP contribution in [-0.2, 0) is 10.0 Å². The van der Waals surface area contributed by atoms with Gasteiger partial charge in [-0.25, -0.2) is 18.2 Å². The Morgan fingerprint density at radius 3 is 2.33 bits per heavy atom. The maximum Gasteiger partial charge on any atom is 0.335 e. The first kappa shape index (κ1) is 19.3. The van der Waals surface area contributed by atoms with Crippen molar-refractivity contribution in [3.63, 3.8) is 0 Å². The zero-order valence-electron chi connectivity index (χ0n) is 15.1. The topological polar surface area (TPSA) is 96.8 Å². The highest BCUT2D eigenvalue weighted by Gasteiger charge is 2.26. The molecule has 0 radical (unpaired) electrons. The van der Waals surface area contributed by atoms with Crippen molar-refractivity contribution in [3.05, 3.63) is 42.1 Å². The zero-order valence-corrected chi connectivity index (χ0v) is 15.9. The summed E-state index contributed by atoms with van der Waals surface area (Å²) < 4.78 is 32.7. The maximum atomic E-state index is 13.1. The van der Waals surface area contributed by atoms with Gasteiger partial charge in [0, 0.05) is 30.9 Å². The summed E-state index contributed by atoms with van der Waals surface area (Å²) >= 11 is 0. The van der Waals surface area contributed by atoms with Crippen molar-refractivity contribution >= 4 is 16.0 Å². The third kappa shape index (κ3) is 4.28. The number of benzene rings is 1. The number of carbonyl (C=O) groups is 1. The predicted molar refractivity (Wildman–Crippen MR) is 100 cm³/mol. The quantitative estimate of drug-likeness (QED) is 0.843. The highest BCUT2D eigenvalue weighted by atomic mass is 32.2. The Kier molecular flexibility index (Phi) is 5.76. The average molecular weight is 390 g/mol. The van der Waals surface area contributed by atoms with Crippen molar-refractivity contribution in [2.45, 2.75) is 30.6 Å². The summed E-state index contributed by atoms with van der Waals surface area (Å²) in [5.74, 6) is -0.754. The van der Waals surface area contributed by atoms with Crippen LogP contribution in [0.3, 0.4) is 0 Å². The summed E-state index contributed by atoms with van der Waals surface area (Å²) in [6.07, 6.45) is 5.16. The smallest absolute Gasteiger partial charge is 0.335 e. The van der Waals surface area contributed by atoms with E-state index in [9.17, 15) is 18.3 Å². The van der Waals surface area contributed by atoms with Gasteiger partial charge in [-0.2, -0.15) is 4.31 Å². The van der Waals surface area contributed by atoms with Crippen LogP contribution >= 0.6 is 0 Å². The maximum absolute atomic E-state index is 13.1. The van der Waals surface area contributed by atoms with Crippen molar-refractivity contribution < 1.29 is 23.1 Å². The van der Waals surface area contributed by atoms with Crippen molar-refractivity contribution in [1.29, 1.82) is 0 Å². The van der Waals surface area contributed by atoms with Crippen LogP contribution in [0.5, 0.6) is 5.88 Å². The lowest BCUT2D eigenvalue weighted by molar-refractivity contribution is 0.0696. The lowest BCUT2D eigenvalue weighted by atomic mass is 10.0. The number of carboxylic acid groups (broad SMARTS) is 1. The lowest BCUT2D eigenvalue weighted by Gasteiger charge is -2.20. The number of carboxylic acids is 1. The molecule has 0 bridgehead atoms. The number of nitrogens with zero attached hydrogens (tertiary/aromatic N) is 2. The molecule has 0 saturated carbocycles. The van der Waals surface area contributed by atoms with E-state index in [0.717, 1.165) is 25.7 Å². The molecule has 0 spiro atoms. The van der Waals surface area contributed by atoms with E-state index in [2.05, 4.69) is 4.98 Å². The van der Waals surface area contributed by atoms with Gasteiger partial charge in [-0.1, -0.05) is 12.8 Å². The fourth-order valence-electron chi connectivity index (χ4n) is 3.14. The van der Waals surface area contributed by atoms with Gasteiger partial charge in [-0.05, 0) is 42.7 Å². The molecule has 2 heterocycles. The van der Waals surface area contributed by atoms with Crippen LogP contribution in [0.25, 0.3) is 11.1 Å². The number of rotatable bonds is 5. The van der Waals surface area contributed by atoms with E-state index in [1.54, 1.807) is 12.1 Å². The van der Waals surface area contributed by atoms with Crippen LogP contribution in [0.15, 0.2) is 41.4 Å². The van der Waals surface area contributed by atoms with E-state index < -0.39 is 16.0 Å². The van der Waals surface area contributed by atoms with Crippen LogP contribution in [0.4, 0.5) is 0 Å². The number of sulfonamides is 1. The second kappa shape index (κ2) is 8.06. The van der Waals surface area contributed by atoms with Crippen molar-refractivity contribution in [2.75, 3.05) is 20.2 Å².